The topological polar surface area (TPSA) is 66.4 Å². The molecule has 0 saturated heterocycles. The summed E-state index contributed by atoms with van der Waals surface area (Å²) in [4.78, 5) is 23.1. The minimum Gasteiger partial charge on any atom is -0.481 e. The largest absolute Gasteiger partial charge is 0.481 e. The maximum Gasteiger partial charge on any atom is 0.303 e. The van der Waals surface area contributed by atoms with Crippen LogP contribution in [0.25, 0.3) is 0 Å². The van der Waals surface area contributed by atoms with Crippen molar-refractivity contribution in [1.29, 1.82) is 0 Å². The number of thiophene rings is 1. The molecule has 1 amide bonds. The van der Waals surface area contributed by atoms with Crippen molar-refractivity contribution in [2.24, 2.45) is 11.8 Å². The molecule has 0 spiro atoms. The Balaban J connectivity index is 2.45. The predicted molar refractivity (Wildman–Crippen MR) is 71.9 cm³/mol. The zero-order valence-electron chi connectivity index (χ0n) is 10.7. The number of nitrogens with one attached hydrogen (secondary N) is 1. The van der Waals surface area contributed by atoms with Crippen molar-refractivity contribution in [2.45, 2.75) is 26.7 Å². The lowest BCUT2D eigenvalue weighted by atomic mass is 9.94. The van der Waals surface area contributed by atoms with Crippen molar-refractivity contribution >= 4 is 23.2 Å². The van der Waals surface area contributed by atoms with E-state index in [1.165, 1.54) is 11.3 Å². The van der Waals surface area contributed by atoms with Gasteiger partial charge in [0.05, 0.1) is 4.88 Å². The van der Waals surface area contributed by atoms with Gasteiger partial charge in [0.2, 0.25) is 0 Å². The van der Waals surface area contributed by atoms with E-state index in [2.05, 4.69) is 19.2 Å². The van der Waals surface area contributed by atoms with Crippen LogP contribution in [-0.4, -0.2) is 23.5 Å². The van der Waals surface area contributed by atoms with Crippen molar-refractivity contribution in [3.05, 3.63) is 22.4 Å². The summed E-state index contributed by atoms with van der Waals surface area (Å²) in [6, 6.07) is 3.58. The third-order valence-electron chi connectivity index (χ3n) is 2.56. The van der Waals surface area contributed by atoms with Crippen LogP contribution in [0.2, 0.25) is 0 Å². The van der Waals surface area contributed by atoms with Crippen molar-refractivity contribution in [2.75, 3.05) is 6.54 Å². The minimum absolute atomic E-state index is 0.00795. The average Bonchev–Trinajstić information content (AvgIpc) is 2.77. The van der Waals surface area contributed by atoms with Gasteiger partial charge < -0.3 is 10.4 Å². The van der Waals surface area contributed by atoms with Gasteiger partial charge in [-0.3, -0.25) is 9.59 Å². The molecular weight excluding hydrogens is 250 g/mol. The lowest BCUT2D eigenvalue weighted by molar-refractivity contribution is -0.138. The quantitative estimate of drug-likeness (QED) is 0.799. The van der Waals surface area contributed by atoms with E-state index in [4.69, 9.17) is 5.11 Å². The van der Waals surface area contributed by atoms with E-state index >= 15 is 0 Å². The molecule has 5 heteroatoms. The van der Waals surface area contributed by atoms with E-state index in [0.29, 0.717) is 17.3 Å². The summed E-state index contributed by atoms with van der Waals surface area (Å²) in [6.45, 7) is 4.52. The van der Waals surface area contributed by atoms with Crippen molar-refractivity contribution < 1.29 is 14.7 Å². The molecule has 4 nitrogen and oxygen atoms in total. The normalized spacial score (nSPS) is 12.4. The number of rotatable bonds is 7. The van der Waals surface area contributed by atoms with Crippen LogP contribution in [0.1, 0.15) is 36.4 Å². The standard InChI is InChI=1S/C13H19NO3S/c1-9(2)6-10(7-12(15)16)8-14-13(17)11-4-3-5-18-11/h3-5,9-10H,6-8H2,1-2H3,(H,14,17)(H,15,16)/t10-/m0/s1. The zero-order chi connectivity index (χ0) is 13.5. The third kappa shape index (κ3) is 5.31. The number of carboxylic acids is 1. The molecule has 100 valence electrons. The summed E-state index contributed by atoms with van der Waals surface area (Å²) in [5.41, 5.74) is 0. The number of aliphatic carboxylic acids is 1. The fourth-order valence-electron chi connectivity index (χ4n) is 1.88. The monoisotopic (exact) mass is 269 g/mol. The molecule has 1 heterocycles. The van der Waals surface area contributed by atoms with E-state index in [-0.39, 0.29) is 18.2 Å². The Kier molecular flexibility index (Phi) is 5.85. The molecule has 0 aliphatic heterocycles. The Morgan fingerprint density at radius 3 is 2.67 bits per heavy atom. The third-order valence-corrected chi connectivity index (χ3v) is 3.43. The van der Waals surface area contributed by atoms with Crippen molar-refractivity contribution in [3.63, 3.8) is 0 Å². The van der Waals surface area contributed by atoms with Gasteiger partial charge in [-0.1, -0.05) is 19.9 Å². The second-order valence-corrected chi connectivity index (χ2v) is 5.73. The van der Waals surface area contributed by atoms with Crippen LogP contribution in [0.15, 0.2) is 17.5 Å². The SMILES string of the molecule is CC(C)C[C@H](CNC(=O)c1cccs1)CC(=O)O. The van der Waals surface area contributed by atoms with E-state index in [1.807, 2.05) is 11.4 Å². The molecule has 0 aromatic carbocycles. The van der Waals surface area contributed by atoms with Gasteiger partial charge in [0.15, 0.2) is 0 Å². The molecule has 1 atom stereocenters. The molecule has 18 heavy (non-hydrogen) atoms. The molecule has 1 rings (SSSR count). The summed E-state index contributed by atoms with van der Waals surface area (Å²) < 4.78 is 0. The highest BCUT2D eigenvalue weighted by molar-refractivity contribution is 7.12. The Morgan fingerprint density at radius 2 is 2.17 bits per heavy atom. The molecule has 0 fully saturated rings. The Labute approximate surface area is 111 Å². The van der Waals surface area contributed by atoms with E-state index in [1.54, 1.807) is 6.07 Å². The summed E-state index contributed by atoms with van der Waals surface area (Å²) in [6.07, 6.45) is 0.903. The van der Waals surface area contributed by atoms with Crippen molar-refractivity contribution in [1.82, 2.24) is 5.32 Å². The lowest BCUT2D eigenvalue weighted by Gasteiger charge is -2.17. The number of amides is 1. The highest BCUT2D eigenvalue weighted by atomic mass is 32.1. The summed E-state index contributed by atoms with van der Waals surface area (Å²) in [5.74, 6) is -0.519. The molecule has 2 N–H and O–H groups in total. The first-order valence-electron chi connectivity index (χ1n) is 6.02. The van der Waals surface area contributed by atoms with Crippen LogP contribution in [0.5, 0.6) is 0 Å². The van der Waals surface area contributed by atoms with Crippen molar-refractivity contribution in [3.8, 4) is 0 Å². The molecule has 0 aliphatic carbocycles. The second kappa shape index (κ2) is 7.16. The maximum atomic E-state index is 11.7. The highest BCUT2D eigenvalue weighted by Crippen LogP contribution is 2.15. The van der Waals surface area contributed by atoms with Gasteiger partial charge in [-0.25, -0.2) is 0 Å². The molecule has 1 aromatic heterocycles. The maximum absolute atomic E-state index is 11.7. The highest BCUT2D eigenvalue weighted by Gasteiger charge is 2.16. The van der Waals surface area contributed by atoms with Crippen LogP contribution in [0, 0.1) is 11.8 Å². The summed E-state index contributed by atoms with van der Waals surface area (Å²) in [5, 5.41) is 13.5. The Bertz CT molecular complexity index is 387. The fraction of sp³-hybridized carbons (Fsp3) is 0.538. The zero-order valence-corrected chi connectivity index (χ0v) is 11.5. The molecule has 0 radical (unpaired) electrons. The Morgan fingerprint density at radius 1 is 1.44 bits per heavy atom. The molecule has 1 aromatic rings. The number of hydrogen-bond donors (Lipinski definition) is 2. The van der Waals surface area contributed by atoms with Gasteiger partial charge in [0.1, 0.15) is 0 Å². The average molecular weight is 269 g/mol. The van der Waals surface area contributed by atoms with Gasteiger partial charge in [0.25, 0.3) is 5.91 Å². The molecule has 0 unspecified atom stereocenters. The number of carbonyl (C=O) groups is 2. The molecular formula is C13H19NO3S. The van der Waals surface area contributed by atoms with E-state index in [0.717, 1.165) is 6.42 Å². The number of hydrogen-bond acceptors (Lipinski definition) is 3. The van der Waals surface area contributed by atoms with Gasteiger partial charge in [-0.2, -0.15) is 0 Å². The molecule has 0 aliphatic rings. The smallest absolute Gasteiger partial charge is 0.303 e. The van der Waals surface area contributed by atoms with Crippen LogP contribution >= 0.6 is 11.3 Å². The summed E-state index contributed by atoms with van der Waals surface area (Å²) >= 11 is 1.38. The van der Waals surface area contributed by atoms with Gasteiger partial charge in [-0.05, 0) is 29.7 Å². The van der Waals surface area contributed by atoms with E-state index < -0.39 is 5.97 Å². The van der Waals surface area contributed by atoms with E-state index in [9.17, 15) is 9.59 Å². The minimum atomic E-state index is -0.814. The second-order valence-electron chi connectivity index (χ2n) is 4.78. The fourth-order valence-corrected chi connectivity index (χ4v) is 2.52. The van der Waals surface area contributed by atoms with Crippen LogP contribution in [0.3, 0.4) is 0 Å². The predicted octanol–water partition coefficient (Wildman–Crippen LogP) is 2.61. The Hall–Kier alpha value is -1.36. The molecule has 0 bridgehead atoms. The first kappa shape index (κ1) is 14.7. The van der Waals surface area contributed by atoms with Gasteiger partial charge >= 0.3 is 5.97 Å². The van der Waals surface area contributed by atoms with Gasteiger partial charge in [0, 0.05) is 13.0 Å². The number of carbonyl (C=O) groups excluding carboxylic acids is 1. The number of carboxylic acid groups (broad SMARTS) is 1. The first-order valence-corrected chi connectivity index (χ1v) is 6.90. The van der Waals surface area contributed by atoms with Gasteiger partial charge in [-0.15, -0.1) is 11.3 Å². The van der Waals surface area contributed by atoms with Crippen LogP contribution < -0.4 is 5.32 Å². The van der Waals surface area contributed by atoms with Crippen LogP contribution in [-0.2, 0) is 4.79 Å². The summed E-state index contributed by atoms with van der Waals surface area (Å²) in [7, 11) is 0. The van der Waals surface area contributed by atoms with Crippen LogP contribution in [0.4, 0.5) is 0 Å². The lowest BCUT2D eigenvalue weighted by Crippen LogP contribution is -2.30. The molecule has 0 saturated carbocycles. The first-order chi connectivity index (χ1) is 8.49.